The predicted molar refractivity (Wildman–Crippen MR) is 241 cm³/mol. The van der Waals surface area contributed by atoms with Gasteiger partial charge in [0.25, 0.3) is 0 Å². The van der Waals surface area contributed by atoms with E-state index in [0.29, 0.717) is 17.8 Å². The molecule has 0 amide bonds. The lowest BCUT2D eigenvalue weighted by Gasteiger charge is -2.18. The van der Waals surface area contributed by atoms with Gasteiger partial charge in [0.2, 0.25) is 11.8 Å². The Morgan fingerprint density at radius 1 is 0.339 bits per heavy atom. The summed E-state index contributed by atoms with van der Waals surface area (Å²) in [6, 6.07) is 12.2. The first kappa shape index (κ1) is 58.4. The van der Waals surface area contributed by atoms with Crippen LogP contribution < -0.4 is 18.9 Å². The molecule has 0 unspecified atom stereocenters. The summed E-state index contributed by atoms with van der Waals surface area (Å²) in [4.78, 5) is 20.6. The van der Waals surface area contributed by atoms with Gasteiger partial charge in [0.1, 0.15) is 5.75 Å². The molecule has 56 heavy (non-hydrogen) atoms. The molecule has 0 radical (unpaired) electrons. The minimum atomic E-state index is 0.103. The van der Waals surface area contributed by atoms with Crippen LogP contribution in [0.4, 0.5) is 0 Å². The van der Waals surface area contributed by atoms with Crippen LogP contribution in [0.25, 0.3) is 0 Å². The highest BCUT2D eigenvalue weighted by atomic mass is 16.5. The first-order chi connectivity index (χ1) is 26.1. The highest BCUT2D eigenvalue weighted by Gasteiger charge is 2.16. The van der Waals surface area contributed by atoms with Crippen LogP contribution in [0.15, 0.2) is 67.4 Å². The maximum absolute atomic E-state index is 5.02. The molecule has 4 heterocycles. The molecule has 0 fully saturated rings. The zero-order chi connectivity index (χ0) is 44.8. The normalized spacial score (nSPS) is 10.1. The summed E-state index contributed by atoms with van der Waals surface area (Å²) in [5.74, 6) is 2.15. The van der Waals surface area contributed by atoms with Crippen LogP contribution in [-0.2, 0) is 21.7 Å². The van der Waals surface area contributed by atoms with E-state index in [0.717, 1.165) is 17.0 Å². The smallest absolute Gasteiger partial charge is 0.316 e. The third-order valence-electron chi connectivity index (χ3n) is 7.04. The van der Waals surface area contributed by atoms with Crippen molar-refractivity contribution in [2.75, 3.05) is 28.4 Å². The highest BCUT2D eigenvalue weighted by Crippen LogP contribution is 2.24. The van der Waals surface area contributed by atoms with Gasteiger partial charge in [0.05, 0.1) is 34.6 Å². The predicted octanol–water partition coefficient (Wildman–Crippen LogP) is 13.1. The zero-order valence-electron chi connectivity index (χ0n) is 40.2. The molecular weight excluding hydrogens is 699 g/mol. The molecule has 0 aromatic carbocycles. The van der Waals surface area contributed by atoms with Gasteiger partial charge in [-0.3, -0.25) is 4.98 Å². The molecule has 320 valence electrons. The van der Waals surface area contributed by atoms with Crippen molar-refractivity contribution >= 4 is 0 Å². The monoisotopic (exact) mass is 782 g/mol. The number of rotatable bonds is 4. The molecule has 0 bridgehead atoms. The fourth-order valence-corrected chi connectivity index (χ4v) is 3.64. The summed E-state index contributed by atoms with van der Waals surface area (Å²) in [6.45, 7) is 41.8. The van der Waals surface area contributed by atoms with Crippen molar-refractivity contribution in [3.05, 3.63) is 89.8 Å². The quantitative estimate of drug-likeness (QED) is 0.200. The maximum Gasteiger partial charge on any atom is 0.316 e. The van der Waals surface area contributed by atoms with Crippen molar-refractivity contribution in [2.45, 2.75) is 160 Å². The summed E-state index contributed by atoms with van der Waals surface area (Å²) in [6.07, 6.45) is 9.07. The van der Waals surface area contributed by atoms with Crippen molar-refractivity contribution in [1.29, 1.82) is 0 Å². The first-order valence-electron chi connectivity index (χ1n) is 20.0. The second-order valence-corrected chi connectivity index (χ2v) is 15.2. The van der Waals surface area contributed by atoms with E-state index in [1.54, 1.807) is 47.0 Å². The van der Waals surface area contributed by atoms with E-state index in [-0.39, 0.29) is 21.7 Å². The average molecular weight is 782 g/mol. The van der Waals surface area contributed by atoms with Gasteiger partial charge in [-0.05, 0) is 45.1 Å². The molecule has 0 aliphatic rings. The number of ether oxygens (including phenoxy) is 4. The van der Waals surface area contributed by atoms with Crippen LogP contribution in [0.5, 0.6) is 23.5 Å². The zero-order valence-corrected chi connectivity index (χ0v) is 40.2. The van der Waals surface area contributed by atoms with Gasteiger partial charge in [0, 0.05) is 48.0 Å². The van der Waals surface area contributed by atoms with Crippen LogP contribution in [0.2, 0.25) is 0 Å². The van der Waals surface area contributed by atoms with E-state index < -0.39 is 0 Å². The third-order valence-corrected chi connectivity index (χ3v) is 7.04. The SMILES string of the molecule is CC.CC.CC.CC.COc1ccc(C(C)(C)C)cn1.COc1ccc(C(C)(C)C)cn1.COc1ccc(C(C)(C)C)nc1.COc1ncc(C(C)(C)C)cn1. The molecular formula is C47H83N5O4. The number of pyridine rings is 3. The molecule has 0 aliphatic heterocycles. The van der Waals surface area contributed by atoms with E-state index in [4.69, 9.17) is 18.9 Å². The molecule has 9 nitrogen and oxygen atoms in total. The van der Waals surface area contributed by atoms with Crippen molar-refractivity contribution in [3.8, 4) is 23.5 Å². The Bertz CT molecular complexity index is 1220. The van der Waals surface area contributed by atoms with E-state index >= 15 is 0 Å². The summed E-state index contributed by atoms with van der Waals surface area (Å²) >= 11 is 0. The molecule has 0 atom stereocenters. The first-order valence-corrected chi connectivity index (χ1v) is 20.0. The molecule has 0 saturated heterocycles. The van der Waals surface area contributed by atoms with Gasteiger partial charge in [-0.15, -0.1) is 0 Å². The van der Waals surface area contributed by atoms with Crippen molar-refractivity contribution < 1.29 is 18.9 Å². The van der Waals surface area contributed by atoms with Gasteiger partial charge < -0.3 is 18.9 Å². The summed E-state index contributed by atoms with van der Waals surface area (Å²) in [7, 11) is 6.46. The average Bonchev–Trinajstić information content (AvgIpc) is 3.20. The van der Waals surface area contributed by atoms with E-state index in [9.17, 15) is 0 Å². The van der Waals surface area contributed by atoms with E-state index in [1.807, 2.05) is 104 Å². The molecule has 0 aliphatic carbocycles. The Balaban J connectivity index is -0.000000303. The Kier molecular flexibility index (Phi) is 32.2. The van der Waals surface area contributed by atoms with Crippen molar-refractivity contribution in [3.63, 3.8) is 0 Å². The largest absolute Gasteiger partial charge is 0.495 e. The van der Waals surface area contributed by atoms with Crippen LogP contribution >= 0.6 is 0 Å². The second kappa shape index (κ2) is 30.9. The van der Waals surface area contributed by atoms with Crippen LogP contribution in [0.3, 0.4) is 0 Å². The molecule has 9 heteroatoms. The molecule has 0 N–H and O–H groups in total. The van der Waals surface area contributed by atoms with Gasteiger partial charge >= 0.3 is 6.01 Å². The standard InChI is InChI=1S/3C10H15NO.C9H14N2O.4C2H6/c1-10(2,3)9-6-5-8(12-4)7-11-9;2*1-10(2,3)8-5-6-9(12-4)11-7-8;1-9(2,3)7-5-10-8(12-4)11-6-7;4*1-2/h3*5-7H,1-4H3;5-6H,1-4H3;4*1-2H3. The minimum absolute atomic E-state index is 0.103. The fourth-order valence-electron chi connectivity index (χ4n) is 3.64. The summed E-state index contributed by atoms with van der Waals surface area (Å²) < 4.78 is 19.8. The van der Waals surface area contributed by atoms with E-state index in [2.05, 4.69) is 108 Å². The fraction of sp³-hybridized carbons (Fsp3) is 0.596. The van der Waals surface area contributed by atoms with Gasteiger partial charge in [-0.2, -0.15) is 0 Å². The lowest BCUT2D eigenvalue weighted by atomic mass is 9.88. The Morgan fingerprint density at radius 3 is 0.911 bits per heavy atom. The minimum Gasteiger partial charge on any atom is -0.495 e. The molecule has 4 aromatic rings. The lowest BCUT2D eigenvalue weighted by molar-refractivity contribution is 0.378. The summed E-state index contributed by atoms with van der Waals surface area (Å²) in [5, 5.41) is 0. The summed E-state index contributed by atoms with van der Waals surface area (Å²) in [5.41, 5.74) is 5.20. The Morgan fingerprint density at radius 2 is 0.696 bits per heavy atom. The second-order valence-electron chi connectivity index (χ2n) is 15.2. The van der Waals surface area contributed by atoms with Crippen molar-refractivity contribution in [1.82, 2.24) is 24.9 Å². The number of aromatic nitrogens is 5. The maximum atomic E-state index is 5.02. The van der Waals surface area contributed by atoms with Crippen LogP contribution in [0.1, 0.15) is 161 Å². The lowest BCUT2D eigenvalue weighted by Crippen LogP contribution is -2.12. The Labute approximate surface area is 344 Å². The topological polar surface area (TPSA) is 101 Å². The molecule has 0 spiro atoms. The van der Waals surface area contributed by atoms with Crippen LogP contribution in [-0.4, -0.2) is 53.4 Å². The number of methoxy groups -OCH3 is 4. The van der Waals surface area contributed by atoms with Gasteiger partial charge in [-0.25, -0.2) is 19.9 Å². The van der Waals surface area contributed by atoms with Crippen molar-refractivity contribution in [2.24, 2.45) is 0 Å². The van der Waals surface area contributed by atoms with Gasteiger partial charge in [0.15, 0.2) is 0 Å². The molecule has 4 aromatic heterocycles. The third kappa shape index (κ3) is 25.7. The Hall–Kier alpha value is -4.27. The number of nitrogens with zero attached hydrogens (tertiary/aromatic N) is 5. The van der Waals surface area contributed by atoms with Crippen LogP contribution in [0, 0.1) is 0 Å². The number of hydrogen-bond acceptors (Lipinski definition) is 9. The van der Waals surface area contributed by atoms with Gasteiger partial charge in [-0.1, -0.05) is 151 Å². The molecule has 4 rings (SSSR count). The highest BCUT2D eigenvalue weighted by molar-refractivity contribution is 5.25. The van der Waals surface area contributed by atoms with E-state index in [1.165, 1.54) is 11.1 Å². The number of hydrogen-bond donors (Lipinski definition) is 0. The molecule has 0 saturated carbocycles.